The zero-order chi connectivity index (χ0) is 20.1. The van der Waals surface area contributed by atoms with Crippen LogP contribution in [0.25, 0.3) is 0 Å². The van der Waals surface area contributed by atoms with Gasteiger partial charge in [0.15, 0.2) is 0 Å². The highest BCUT2D eigenvalue weighted by atomic mass is 19.1. The summed E-state index contributed by atoms with van der Waals surface area (Å²) in [7, 11) is 0. The molecular formula is C23H29FN4O. The van der Waals surface area contributed by atoms with Gasteiger partial charge in [-0.3, -0.25) is 9.69 Å². The SMILES string of the molecule is O=C(CN1CCN(c2ccc(F)cc2)CC1)NC[C@H]1CCN(c2ccccc2)C1. The summed E-state index contributed by atoms with van der Waals surface area (Å²) in [6.07, 6.45) is 1.12. The highest BCUT2D eigenvalue weighted by Gasteiger charge is 2.24. The molecule has 2 fully saturated rings. The molecular weight excluding hydrogens is 367 g/mol. The van der Waals surface area contributed by atoms with E-state index in [0.717, 1.165) is 57.9 Å². The van der Waals surface area contributed by atoms with Gasteiger partial charge in [0.25, 0.3) is 0 Å². The molecule has 29 heavy (non-hydrogen) atoms. The second-order valence-electron chi connectivity index (χ2n) is 7.98. The zero-order valence-electron chi connectivity index (χ0n) is 16.8. The van der Waals surface area contributed by atoms with E-state index in [-0.39, 0.29) is 11.7 Å². The van der Waals surface area contributed by atoms with Crippen molar-refractivity contribution < 1.29 is 9.18 Å². The lowest BCUT2D eigenvalue weighted by molar-refractivity contribution is -0.122. The smallest absolute Gasteiger partial charge is 0.234 e. The molecule has 1 atom stereocenters. The van der Waals surface area contributed by atoms with Crippen LogP contribution >= 0.6 is 0 Å². The van der Waals surface area contributed by atoms with Gasteiger partial charge in [-0.25, -0.2) is 4.39 Å². The number of para-hydroxylation sites is 1. The van der Waals surface area contributed by atoms with Crippen LogP contribution in [-0.2, 0) is 4.79 Å². The van der Waals surface area contributed by atoms with Gasteiger partial charge >= 0.3 is 0 Å². The molecule has 0 bridgehead atoms. The third kappa shape index (κ3) is 5.26. The van der Waals surface area contributed by atoms with E-state index in [4.69, 9.17) is 0 Å². The molecule has 2 saturated heterocycles. The van der Waals surface area contributed by atoms with Crippen LogP contribution in [0.3, 0.4) is 0 Å². The molecule has 0 unspecified atom stereocenters. The summed E-state index contributed by atoms with van der Waals surface area (Å²) in [5.41, 5.74) is 2.31. The Labute approximate surface area is 172 Å². The van der Waals surface area contributed by atoms with E-state index in [2.05, 4.69) is 44.3 Å². The molecule has 5 nitrogen and oxygen atoms in total. The van der Waals surface area contributed by atoms with Gasteiger partial charge in [-0.15, -0.1) is 0 Å². The second kappa shape index (κ2) is 9.27. The fourth-order valence-corrected chi connectivity index (χ4v) is 4.21. The summed E-state index contributed by atoms with van der Waals surface area (Å²) < 4.78 is 13.1. The molecule has 1 amide bonds. The molecule has 0 saturated carbocycles. The highest BCUT2D eigenvalue weighted by Crippen LogP contribution is 2.23. The molecule has 2 aliphatic heterocycles. The fourth-order valence-electron chi connectivity index (χ4n) is 4.21. The maximum absolute atomic E-state index is 13.1. The maximum atomic E-state index is 13.1. The molecule has 0 spiro atoms. The minimum atomic E-state index is -0.210. The van der Waals surface area contributed by atoms with Gasteiger partial charge in [0, 0.05) is 57.2 Å². The van der Waals surface area contributed by atoms with Crippen molar-refractivity contribution in [2.75, 3.05) is 62.2 Å². The fraction of sp³-hybridized carbons (Fsp3) is 0.435. The average Bonchev–Trinajstić information content (AvgIpc) is 3.23. The van der Waals surface area contributed by atoms with Crippen molar-refractivity contribution in [3.05, 3.63) is 60.4 Å². The van der Waals surface area contributed by atoms with E-state index in [1.54, 1.807) is 0 Å². The molecule has 0 aliphatic carbocycles. The first kappa shape index (κ1) is 19.7. The highest BCUT2D eigenvalue weighted by molar-refractivity contribution is 5.78. The summed E-state index contributed by atoms with van der Waals surface area (Å²) in [5.74, 6) is 0.408. The monoisotopic (exact) mass is 396 g/mol. The lowest BCUT2D eigenvalue weighted by atomic mass is 10.1. The minimum Gasteiger partial charge on any atom is -0.371 e. The van der Waals surface area contributed by atoms with Crippen LogP contribution in [0.1, 0.15) is 6.42 Å². The van der Waals surface area contributed by atoms with Crippen molar-refractivity contribution in [1.82, 2.24) is 10.2 Å². The first-order chi connectivity index (χ1) is 14.2. The molecule has 2 aromatic rings. The van der Waals surface area contributed by atoms with E-state index in [0.29, 0.717) is 12.5 Å². The molecule has 4 rings (SSSR count). The maximum Gasteiger partial charge on any atom is 0.234 e. The molecule has 1 N–H and O–H groups in total. The van der Waals surface area contributed by atoms with Crippen molar-refractivity contribution >= 4 is 17.3 Å². The molecule has 2 aliphatic rings. The minimum absolute atomic E-state index is 0.110. The van der Waals surface area contributed by atoms with E-state index < -0.39 is 0 Å². The van der Waals surface area contributed by atoms with Gasteiger partial charge in [-0.05, 0) is 48.7 Å². The lowest BCUT2D eigenvalue weighted by Gasteiger charge is -2.35. The van der Waals surface area contributed by atoms with Crippen LogP contribution in [0.15, 0.2) is 54.6 Å². The van der Waals surface area contributed by atoms with Crippen molar-refractivity contribution in [3.8, 4) is 0 Å². The summed E-state index contributed by atoms with van der Waals surface area (Å²) >= 11 is 0. The Morgan fingerprint density at radius 2 is 1.59 bits per heavy atom. The lowest BCUT2D eigenvalue weighted by Crippen LogP contribution is -2.49. The number of nitrogens with one attached hydrogen (secondary N) is 1. The summed E-state index contributed by atoms with van der Waals surface area (Å²) in [5, 5.41) is 3.13. The Hall–Kier alpha value is -2.60. The van der Waals surface area contributed by atoms with Crippen LogP contribution < -0.4 is 15.1 Å². The Morgan fingerprint density at radius 3 is 2.31 bits per heavy atom. The summed E-state index contributed by atoms with van der Waals surface area (Å²) in [6, 6.07) is 17.1. The van der Waals surface area contributed by atoms with Crippen LogP contribution in [0.5, 0.6) is 0 Å². The third-order valence-electron chi connectivity index (χ3n) is 5.93. The van der Waals surface area contributed by atoms with Crippen LogP contribution in [0.4, 0.5) is 15.8 Å². The summed E-state index contributed by atoms with van der Waals surface area (Å²) in [4.78, 5) is 19.2. The standard InChI is InChI=1S/C23H29FN4O/c24-20-6-8-22(9-7-20)27-14-12-26(13-15-27)18-23(29)25-16-19-10-11-28(17-19)21-4-2-1-3-5-21/h1-9,19H,10-18H2,(H,25,29)/t19-/m1/s1. The topological polar surface area (TPSA) is 38.8 Å². The number of carbonyl (C=O) groups excluding carboxylic acids is 1. The van der Waals surface area contributed by atoms with Crippen molar-refractivity contribution in [1.29, 1.82) is 0 Å². The first-order valence-corrected chi connectivity index (χ1v) is 10.5. The van der Waals surface area contributed by atoms with Crippen molar-refractivity contribution in [2.24, 2.45) is 5.92 Å². The van der Waals surface area contributed by atoms with E-state index >= 15 is 0 Å². The first-order valence-electron chi connectivity index (χ1n) is 10.5. The average molecular weight is 397 g/mol. The number of carbonyl (C=O) groups is 1. The van der Waals surface area contributed by atoms with Gasteiger partial charge in [-0.1, -0.05) is 18.2 Å². The number of hydrogen-bond acceptors (Lipinski definition) is 4. The van der Waals surface area contributed by atoms with Gasteiger partial charge in [0.2, 0.25) is 5.91 Å². The molecule has 0 radical (unpaired) electrons. The predicted octanol–water partition coefficient (Wildman–Crippen LogP) is 2.59. The number of benzene rings is 2. The number of halogens is 1. The van der Waals surface area contributed by atoms with Gasteiger partial charge in [-0.2, -0.15) is 0 Å². The van der Waals surface area contributed by atoms with E-state index in [1.165, 1.54) is 17.8 Å². The van der Waals surface area contributed by atoms with Crippen molar-refractivity contribution in [2.45, 2.75) is 6.42 Å². The molecule has 2 aromatic carbocycles. The number of nitrogens with zero attached hydrogens (tertiary/aromatic N) is 3. The number of rotatable bonds is 6. The van der Waals surface area contributed by atoms with Gasteiger partial charge in [0.1, 0.15) is 5.82 Å². The number of piperazine rings is 1. The quantitative estimate of drug-likeness (QED) is 0.815. The Bertz CT molecular complexity index is 790. The van der Waals surface area contributed by atoms with Crippen molar-refractivity contribution in [3.63, 3.8) is 0 Å². The number of anilines is 2. The molecule has 6 heteroatoms. The molecule has 154 valence electrons. The van der Waals surface area contributed by atoms with Crippen LogP contribution in [0.2, 0.25) is 0 Å². The number of hydrogen-bond donors (Lipinski definition) is 1. The van der Waals surface area contributed by atoms with Crippen LogP contribution in [0, 0.1) is 11.7 Å². The molecule has 2 heterocycles. The largest absolute Gasteiger partial charge is 0.371 e. The third-order valence-corrected chi connectivity index (χ3v) is 5.93. The Morgan fingerprint density at radius 1 is 0.897 bits per heavy atom. The Balaban J connectivity index is 1.16. The predicted molar refractivity (Wildman–Crippen MR) is 115 cm³/mol. The number of amides is 1. The molecule has 0 aromatic heterocycles. The van der Waals surface area contributed by atoms with E-state index in [1.807, 2.05) is 18.2 Å². The normalized spacial score (nSPS) is 20.1. The zero-order valence-corrected chi connectivity index (χ0v) is 16.8. The van der Waals surface area contributed by atoms with Gasteiger partial charge < -0.3 is 15.1 Å². The Kier molecular flexibility index (Phi) is 6.30. The summed E-state index contributed by atoms with van der Waals surface area (Å²) in [6.45, 7) is 6.65. The van der Waals surface area contributed by atoms with Crippen LogP contribution in [-0.4, -0.2) is 63.2 Å². The second-order valence-corrected chi connectivity index (χ2v) is 7.98. The van der Waals surface area contributed by atoms with Gasteiger partial charge in [0.05, 0.1) is 6.54 Å². The van der Waals surface area contributed by atoms with E-state index in [9.17, 15) is 9.18 Å².